The molecule has 1 aromatic carbocycles. The molecule has 2 aromatic heterocycles. The molecule has 2 amide bonds. The summed E-state index contributed by atoms with van der Waals surface area (Å²) in [5.74, 6) is 1.44. The maximum absolute atomic E-state index is 13.0. The zero-order chi connectivity index (χ0) is 24.5. The van der Waals surface area contributed by atoms with Crippen LogP contribution in [0.1, 0.15) is 25.3 Å². The number of hydrogen-bond acceptors (Lipinski definition) is 6. The second kappa shape index (κ2) is 9.52. The number of aromatic nitrogens is 2. The van der Waals surface area contributed by atoms with E-state index in [2.05, 4.69) is 16.0 Å². The molecule has 8 nitrogen and oxygen atoms in total. The number of rotatable bonds is 5. The Morgan fingerprint density at radius 2 is 1.86 bits per heavy atom. The first-order valence-electron chi connectivity index (χ1n) is 12.0. The lowest BCUT2D eigenvalue weighted by Gasteiger charge is -2.21. The molecule has 5 rings (SSSR count). The van der Waals surface area contributed by atoms with E-state index in [1.54, 1.807) is 25.1 Å². The van der Waals surface area contributed by atoms with Crippen LogP contribution in [0, 0.1) is 12.8 Å². The SMILES string of the molecule is COc1ncc(-c2ccnc3ccc(OC4CCN(C(=O)C5CCN(C(C)=O)C5)C4)cc23)cc1C. The first-order chi connectivity index (χ1) is 16.9. The van der Waals surface area contributed by atoms with Crippen molar-refractivity contribution < 1.29 is 19.1 Å². The van der Waals surface area contributed by atoms with Gasteiger partial charge in [0.25, 0.3) is 0 Å². The third kappa shape index (κ3) is 4.65. The monoisotopic (exact) mass is 474 g/mol. The van der Waals surface area contributed by atoms with Gasteiger partial charge in [0, 0.05) is 61.9 Å². The number of nitrogens with zero attached hydrogens (tertiary/aromatic N) is 4. The molecule has 2 aliphatic heterocycles. The van der Waals surface area contributed by atoms with Gasteiger partial charge in [-0.2, -0.15) is 0 Å². The molecule has 0 aliphatic carbocycles. The lowest BCUT2D eigenvalue weighted by Crippen LogP contribution is -2.37. The molecule has 2 saturated heterocycles. The van der Waals surface area contributed by atoms with Crippen LogP contribution in [0.15, 0.2) is 42.7 Å². The fourth-order valence-corrected chi connectivity index (χ4v) is 5.10. The third-order valence-electron chi connectivity index (χ3n) is 6.99. The second-order valence-electron chi connectivity index (χ2n) is 9.35. The Bertz CT molecular complexity index is 1280. The van der Waals surface area contributed by atoms with E-state index in [0.29, 0.717) is 32.1 Å². The maximum Gasteiger partial charge on any atom is 0.227 e. The highest BCUT2D eigenvalue weighted by Gasteiger charge is 2.36. The number of benzene rings is 1. The van der Waals surface area contributed by atoms with Gasteiger partial charge in [-0.25, -0.2) is 4.98 Å². The van der Waals surface area contributed by atoms with Crippen LogP contribution >= 0.6 is 0 Å². The number of hydrogen-bond donors (Lipinski definition) is 0. The van der Waals surface area contributed by atoms with Crippen molar-refractivity contribution in [3.05, 3.63) is 48.3 Å². The second-order valence-corrected chi connectivity index (χ2v) is 9.35. The van der Waals surface area contributed by atoms with Crippen LogP contribution in [0.4, 0.5) is 0 Å². The van der Waals surface area contributed by atoms with Gasteiger partial charge in [0.05, 0.1) is 25.1 Å². The molecular weight excluding hydrogens is 444 g/mol. The highest BCUT2D eigenvalue weighted by molar-refractivity contribution is 5.95. The van der Waals surface area contributed by atoms with Gasteiger partial charge in [0.1, 0.15) is 11.9 Å². The van der Waals surface area contributed by atoms with Gasteiger partial charge in [-0.3, -0.25) is 14.6 Å². The summed E-state index contributed by atoms with van der Waals surface area (Å²) in [6.45, 7) is 5.96. The van der Waals surface area contributed by atoms with Crippen molar-refractivity contribution in [2.24, 2.45) is 5.92 Å². The molecule has 3 aromatic rings. The molecule has 2 fully saturated rings. The fraction of sp³-hybridized carbons (Fsp3) is 0.407. The number of carbonyl (C=O) groups is 2. The minimum absolute atomic E-state index is 0.0358. The molecule has 2 aliphatic rings. The molecule has 0 N–H and O–H groups in total. The Morgan fingerprint density at radius 1 is 1.03 bits per heavy atom. The lowest BCUT2D eigenvalue weighted by atomic mass is 10.0. The Kier molecular flexibility index (Phi) is 6.28. The highest BCUT2D eigenvalue weighted by atomic mass is 16.5. The number of ether oxygens (including phenoxy) is 2. The summed E-state index contributed by atoms with van der Waals surface area (Å²) in [6, 6.07) is 9.96. The quantitative estimate of drug-likeness (QED) is 0.563. The van der Waals surface area contributed by atoms with E-state index in [4.69, 9.17) is 9.47 Å². The Labute approximate surface area is 204 Å². The maximum atomic E-state index is 13.0. The van der Waals surface area contributed by atoms with Gasteiger partial charge >= 0.3 is 0 Å². The van der Waals surface area contributed by atoms with E-state index in [0.717, 1.165) is 46.2 Å². The average molecular weight is 475 g/mol. The molecule has 2 unspecified atom stereocenters. The molecule has 2 atom stereocenters. The molecule has 0 saturated carbocycles. The number of aryl methyl sites for hydroxylation is 1. The smallest absolute Gasteiger partial charge is 0.227 e. The topological polar surface area (TPSA) is 84.9 Å². The van der Waals surface area contributed by atoms with E-state index in [9.17, 15) is 9.59 Å². The summed E-state index contributed by atoms with van der Waals surface area (Å²) in [6.07, 6.45) is 5.07. The summed E-state index contributed by atoms with van der Waals surface area (Å²) < 4.78 is 11.6. The van der Waals surface area contributed by atoms with Gasteiger partial charge in [0.2, 0.25) is 17.7 Å². The van der Waals surface area contributed by atoms with E-state index >= 15 is 0 Å². The van der Waals surface area contributed by atoms with E-state index in [1.807, 2.05) is 42.3 Å². The summed E-state index contributed by atoms with van der Waals surface area (Å²) in [5, 5.41) is 0.984. The van der Waals surface area contributed by atoms with Crippen molar-refractivity contribution in [3.8, 4) is 22.8 Å². The predicted molar refractivity (Wildman–Crippen MR) is 132 cm³/mol. The molecule has 4 heterocycles. The van der Waals surface area contributed by atoms with Crippen molar-refractivity contribution >= 4 is 22.7 Å². The first-order valence-corrected chi connectivity index (χ1v) is 12.0. The zero-order valence-electron chi connectivity index (χ0n) is 20.4. The Morgan fingerprint density at radius 3 is 2.60 bits per heavy atom. The molecule has 0 radical (unpaired) electrons. The zero-order valence-corrected chi connectivity index (χ0v) is 20.4. The first kappa shape index (κ1) is 23.1. The highest BCUT2D eigenvalue weighted by Crippen LogP contribution is 2.32. The number of carbonyl (C=O) groups excluding carboxylic acids is 2. The lowest BCUT2D eigenvalue weighted by molar-refractivity contribution is -0.134. The minimum Gasteiger partial charge on any atom is -0.488 e. The van der Waals surface area contributed by atoms with Crippen molar-refractivity contribution in [2.75, 3.05) is 33.3 Å². The van der Waals surface area contributed by atoms with Gasteiger partial charge in [-0.05, 0) is 49.2 Å². The predicted octanol–water partition coefficient (Wildman–Crippen LogP) is 3.46. The number of pyridine rings is 2. The number of likely N-dealkylation sites (tertiary alicyclic amines) is 2. The van der Waals surface area contributed by atoms with Crippen LogP contribution in [0.25, 0.3) is 22.0 Å². The summed E-state index contributed by atoms with van der Waals surface area (Å²) in [5.41, 5.74) is 3.86. The third-order valence-corrected chi connectivity index (χ3v) is 6.99. The molecule has 8 heteroatoms. The largest absolute Gasteiger partial charge is 0.488 e. The molecule has 182 valence electrons. The number of methoxy groups -OCH3 is 1. The van der Waals surface area contributed by atoms with E-state index in [-0.39, 0.29) is 23.8 Å². The molecule has 35 heavy (non-hydrogen) atoms. The summed E-state index contributed by atoms with van der Waals surface area (Å²) in [4.78, 5) is 37.2. The van der Waals surface area contributed by atoms with Crippen molar-refractivity contribution in [1.29, 1.82) is 0 Å². The Balaban J connectivity index is 1.31. The normalized spacial score (nSPS) is 19.9. The van der Waals surface area contributed by atoms with Crippen molar-refractivity contribution in [2.45, 2.75) is 32.8 Å². The molecule has 0 spiro atoms. The van der Waals surface area contributed by atoms with Gasteiger partial charge in [-0.15, -0.1) is 0 Å². The van der Waals surface area contributed by atoms with Crippen molar-refractivity contribution in [3.63, 3.8) is 0 Å². The van der Waals surface area contributed by atoms with Gasteiger partial charge in [-0.1, -0.05) is 0 Å². The van der Waals surface area contributed by atoms with E-state index < -0.39 is 0 Å². The fourth-order valence-electron chi connectivity index (χ4n) is 5.10. The summed E-state index contributed by atoms with van der Waals surface area (Å²) >= 11 is 0. The summed E-state index contributed by atoms with van der Waals surface area (Å²) in [7, 11) is 1.62. The van der Waals surface area contributed by atoms with E-state index in [1.165, 1.54) is 0 Å². The molecular formula is C27H30N4O4. The van der Waals surface area contributed by atoms with Gasteiger partial charge in [0.15, 0.2) is 0 Å². The average Bonchev–Trinajstić information content (AvgIpc) is 3.54. The number of fused-ring (bicyclic) bond motifs is 1. The van der Waals surface area contributed by atoms with Crippen LogP contribution in [0.5, 0.6) is 11.6 Å². The molecule has 0 bridgehead atoms. The Hall–Kier alpha value is -3.68. The van der Waals surface area contributed by atoms with Crippen LogP contribution in [0.2, 0.25) is 0 Å². The minimum atomic E-state index is -0.103. The van der Waals surface area contributed by atoms with Crippen LogP contribution in [-0.2, 0) is 9.59 Å². The van der Waals surface area contributed by atoms with Crippen LogP contribution in [0.3, 0.4) is 0 Å². The van der Waals surface area contributed by atoms with Crippen LogP contribution < -0.4 is 9.47 Å². The van der Waals surface area contributed by atoms with Crippen molar-refractivity contribution in [1.82, 2.24) is 19.8 Å². The van der Waals surface area contributed by atoms with Crippen LogP contribution in [-0.4, -0.2) is 71.0 Å². The van der Waals surface area contributed by atoms with Gasteiger partial charge < -0.3 is 19.3 Å². The number of amides is 2. The standard InChI is InChI=1S/C27H30N4O4/c1-17-12-20(14-29-26(17)34-3)23-6-9-28-25-5-4-21(13-24(23)25)35-22-8-11-31(16-22)27(33)19-7-10-30(15-19)18(2)32/h4-6,9,12-14,19,22H,7-8,10-11,15-16H2,1-3H3.